The van der Waals surface area contributed by atoms with Gasteiger partial charge in [-0.3, -0.25) is 0 Å². The third kappa shape index (κ3) is 2.40. The maximum Gasteiger partial charge on any atom is 0.0638 e. The van der Waals surface area contributed by atoms with E-state index in [1.807, 2.05) is 12.1 Å². The van der Waals surface area contributed by atoms with Gasteiger partial charge >= 0.3 is 0 Å². The van der Waals surface area contributed by atoms with E-state index < -0.39 is 0 Å². The van der Waals surface area contributed by atoms with Crippen molar-refractivity contribution in [2.75, 3.05) is 5.73 Å². The molecule has 0 radical (unpaired) electrons. The van der Waals surface area contributed by atoms with E-state index in [0.29, 0.717) is 10.7 Å². The van der Waals surface area contributed by atoms with Crippen molar-refractivity contribution >= 4 is 17.3 Å². The van der Waals surface area contributed by atoms with Gasteiger partial charge in [0.2, 0.25) is 0 Å². The van der Waals surface area contributed by atoms with Gasteiger partial charge in [-0.15, -0.1) is 0 Å². The first-order valence-electron chi connectivity index (χ1n) is 4.63. The molecule has 78 valence electrons. The average Bonchev–Trinajstić information content (AvgIpc) is 2.07. The topological polar surface area (TPSA) is 52.0 Å². The Balaban J connectivity index is 3.03. The number of nitrogens with two attached hydrogens (primary N) is 2. The summed E-state index contributed by atoms with van der Waals surface area (Å²) in [6.07, 6.45) is 0. The minimum Gasteiger partial charge on any atom is -0.398 e. The van der Waals surface area contributed by atoms with Crippen molar-refractivity contribution in [2.24, 2.45) is 11.1 Å². The maximum atomic E-state index is 6.09. The Labute approximate surface area is 90.2 Å². The predicted molar refractivity (Wildman–Crippen MR) is 62.2 cm³/mol. The number of halogens is 1. The number of hydrogen-bond donors (Lipinski definition) is 2. The second-order valence-corrected chi connectivity index (χ2v) is 5.03. The first-order valence-corrected chi connectivity index (χ1v) is 5.00. The minimum atomic E-state index is -0.0272. The van der Waals surface area contributed by atoms with Crippen LogP contribution in [0.15, 0.2) is 18.2 Å². The van der Waals surface area contributed by atoms with Gasteiger partial charge in [0.15, 0.2) is 0 Å². The van der Waals surface area contributed by atoms with Gasteiger partial charge in [-0.2, -0.15) is 0 Å². The third-order valence-corrected chi connectivity index (χ3v) is 2.64. The van der Waals surface area contributed by atoms with Gasteiger partial charge in [0.1, 0.15) is 0 Å². The summed E-state index contributed by atoms with van der Waals surface area (Å²) in [6.45, 7) is 6.30. The molecule has 1 atom stereocenters. The van der Waals surface area contributed by atoms with E-state index in [1.165, 1.54) is 0 Å². The third-order valence-electron chi connectivity index (χ3n) is 2.32. The molecule has 0 bridgehead atoms. The molecule has 0 saturated heterocycles. The second kappa shape index (κ2) is 3.79. The Bertz CT molecular complexity index is 329. The van der Waals surface area contributed by atoms with Crippen molar-refractivity contribution in [1.82, 2.24) is 0 Å². The molecule has 3 heteroatoms. The fourth-order valence-electron chi connectivity index (χ4n) is 1.24. The van der Waals surface area contributed by atoms with Crippen LogP contribution < -0.4 is 11.5 Å². The Hall–Kier alpha value is -0.730. The van der Waals surface area contributed by atoms with Gasteiger partial charge in [-0.1, -0.05) is 38.4 Å². The Morgan fingerprint density at radius 2 is 1.86 bits per heavy atom. The van der Waals surface area contributed by atoms with Crippen LogP contribution in [-0.4, -0.2) is 0 Å². The number of anilines is 1. The van der Waals surface area contributed by atoms with Crippen LogP contribution in [0.2, 0.25) is 5.02 Å². The van der Waals surface area contributed by atoms with E-state index in [0.717, 1.165) is 5.56 Å². The number of hydrogen-bond acceptors (Lipinski definition) is 2. The smallest absolute Gasteiger partial charge is 0.0638 e. The Morgan fingerprint density at radius 3 is 2.29 bits per heavy atom. The predicted octanol–water partition coefficient (Wildman–Crippen LogP) is 2.97. The maximum absolute atomic E-state index is 6.09. The molecular formula is C11H17ClN2. The highest BCUT2D eigenvalue weighted by atomic mass is 35.5. The summed E-state index contributed by atoms with van der Waals surface area (Å²) >= 11 is 5.93. The van der Waals surface area contributed by atoms with Crippen molar-refractivity contribution in [3.8, 4) is 0 Å². The number of benzene rings is 1. The minimum absolute atomic E-state index is 0.0272. The Morgan fingerprint density at radius 1 is 1.29 bits per heavy atom. The van der Waals surface area contributed by atoms with Gasteiger partial charge in [-0.05, 0) is 23.1 Å². The molecule has 0 saturated carbocycles. The van der Waals surface area contributed by atoms with Crippen molar-refractivity contribution in [3.05, 3.63) is 28.8 Å². The molecule has 2 nitrogen and oxygen atoms in total. The number of rotatable bonds is 1. The lowest BCUT2D eigenvalue weighted by atomic mass is 9.83. The van der Waals surface area contributed by atoms with Crippen molar-refractivity contribution < 1.29 is 0 Å². The summed E-state index contributed by atoms with van der Waals surface area (Å²) in [4.78, 5) is 0. The van der Waals surface area contributed by atoms with Crippen LogP contribution in [-0.2, 0) is 0 Å². The molecule has 0 aromatic heterocycles. The molecule has 1 aromatic rings. The molecule has 0 aliphatic rings. The zero-order chi connectivity index (χ0) is 10.9. The molecule has 0 aliphatic carbocycles. The van der Waals surface area contributed by atoms with Gasteiger partial charge in [0, 0.05) is 6.04 Å². The van der Waals surface area contributed by atoms with E-state index in [4.69, 9.17) is 23.1 Å². The highest BCUT2D eigenvalue weighted by Gasteiger charge is 2.22. The zero-order valence-electron chi connectivity index (χ0n) is 8.84. The van der Waals surface area contributed by atoms with Crippen molar-refractivity contribution in [3.63, 3.8) is 0 Å². The van der Waals surface area contributed by atoms with E-state index in [2.05, 4.69) is 20.8 Å². The molecule has 0 unspecified atom stereocenters. The van der Waals surface area contributed by atoms with Gasteiger partial charge < -0.3 is 11.5 Å². The molecule has 0 aliphatic heterocycles. The number of nitrogen functional groups attached to an aromatic ring is 1. The lowest BCUT2D eigenvalue weighted by molar-refractivity contribution is 0.327. The summed E-state index contributed by atoms with van der Waals surface area (Å²) < 4.78 is 0. The van der Waals surface area contributed by atoms with Crippen molar-refractivity contribution in [2.45, 2.75) is 26.8 Å². The van der Waals surface area contributed by atoms with E-state index >= 15 is 0 Å². The molecule has 4 N–H and O–H groups in total. The SMILES string of the molecule is CC(C)(C)[C@H](N)c1ccc(N)c(Cl)c1. The molecule has 0 heterocycles. The second-order valence-electron chi connectivity index (χ2n) is 4.62. The average molecular weight is 213 g/mol. The lowest BCUT2D eigenvalue weighted by Crippen LogP contribution is -2.26. The molecule has 0 spiro atoms. The highest BCUT2D eigenvalue weighted by molar-refractivity contribution is 6.33. The zero-order valence-corrected chi connectivity index (χ0v) is 9.60. The summed E-state index contributed by atoms with van der Waals surface area (Å²) in [6, 6.07) is 5.54. The van der Waals surface area contributed by atoms with Crippen LogP contribution in [0.3, 0.4) is 0 Å². The summed E-state index contributed by atoms with van der Waals surface area (Å²) in [5.41, 5.74) is 13.4. The van der Waals surface area contributed by atoms with Crippen LogP contribution in [0.4, 0.5) is 5.69 Å². The van der Waals surface area contributed by atoms with Crippen LogP contribution in [0.1, 0.15) is 32.4 Å². The molecule has 0 amide bonds. The Kier molecular flexibility index (Phi) is 3.07. The van der Waals surface area contributed by atoms with Crippen LogP contribution in [0.5, 0.6) is 0 Å². The van der Waals surface area contributed by atoms with E-state index in [-0.39, 0.29) is 11.5 Å². The van der Waals surface area contributed by atoms with Gasteiger partial charge in [0.25, 0.3) is 0 Å². The van der Waals surface area contributed by atoms with E-state index in [9.17, 15) is 0 Å². The van der Waals surface area contributed by atoms with Gasteiger partial charge in [-0.25, -0.2) is 0 Å². The first kappa shape index (κ1) is 11.3. The standard InChI is InChI=1S/C11H17ClN2/c1-11(2,3)10(14)7-4-5-9(13)8(12)6-7/h4-6,10H,13-14H2,1-3H3/t10-/m1/s1. The summed E-state index contributed by atoms with van der Waals surface area (Å²) in [5, 5.41) is 0.571. The fraction of sp³-hybridized carbons (Fsp3) is 0.455. The molecule has 0 fully saturated rings. The normalized spacial score (nSPS) is 14.1. The van der Waals surface area contributed by atoms with Crippen LogP contribution >= 0.6 is 11.6 Å². The largest absolute Gasteiger partial charge is 0.398 e. The lowest BCUT2D eigenvalue weighted by Gasteiger charge is -2.27. The molecule has 1 rings (SSSR count). The van der Waals surface area contributed by atoms with E-state index in [1.54, 1.807) is 6.07 Å². The van der Waals surface area contributed by atoms with Crippen molar-refractivity contribution in [1.29, 1.82) is 0 Å². The quantitative estimate of drug-likeness (QED) is 0.704. The fourth-order valence-corrected chi connectivity index (χ4v) is 1.43. The highest BCUT2D eigenvalue weighted by Crippen LogP contribution is 2.32. The summed E-state index contributed by atoms with van der Waals surface area (Å²) in [7, 11) is 0. The first-order chi connectivity index (χ1) is 6.32. The monoisotopic (exact) mass is 212 g/mol. The van der Waals surface area contributed by atoms with Crippen LogP contribution in [0, 0.1) is 5.41 Å². The van der Waals surface area contributed by atoms with Gasteiger partial charge in [0.05, 0.1) is 10.7 Å². The van der Waals surface area contributed by atoms with Crippen LogP contribution in [0.25, 0.3) is 0 Å². The molecule has 14 heavy (non-hydrogen) atoms. The molecular weight excluding hydrogens is 196 g/mol. The summed E-state index contributed by atoms with van der Waals surface area (Å²) in [5.74, 6) is 0. The molecule has 1 aromatic carbocycles.